The normalized spacial score (nSPS) is 15.9. The summed E-state index contributed by atoms with van der Waals surface area (Å²) in [5.74, 6) is 0.151. The van der Waals surface area contributed by atoms with E-state index in [-0.39, 0.29) is 12.5 Å². The third kappa shape index (κ3) is 2.21. The first-order valence-corrected chi connectivity index (χ1v) is 5.34. The monoisotopic (exact) mass is 208 g/mol. The highest BCUT2D eigenvalue weighted by molar-refractivity contribution is 5.76. The fraction of sp³-hybridized carbons (Fsp3) is 0.545. The highest BCUT2D eigenvalue weighted by Crippen LogP contribution is 2.09. The molecule has 1 fully saturated rings. The van der Waals surface area contributed by atoms with E-state index in [4.69, 9.17) is 5.11 Å². The van der Waals surface area contributed by atoms with Crippen molar-refractivity contribution in [1.82, 2.24) is 9.47 Å². The number of carbonyl (C=O) groups is 1. The van der Waals surface area contributed by atoms with Crippen molar-refractivity contribution in [3.05, 3.63) is 24.0 Å². The van der Waals surface area contributed by atoms with Gasteiger partial charge in [-0.2, -0.15) is 0 Å². The number of rotatable bonds is 3. The second kappa shape index (κ2) is 4.49. The van der Waals surface area contributed by atoms with Gasteiger partial charge in [-0.3, -0.25) is 4.79 Å². The molecule has 2 heterocycles. The molecule has 0 spiro atoms. The molecule has 0 aliphatic carbocycles. The Hall–Kier alpha value is -1.29. The number of likely N-dealkylation sites (tertiary alicyclic amines) is 1. The molecule has 15 heavy (non-hydrogen) atoms. The smallest absolute Gasteiger partial charge is 0.242 e. The van der Waals surface area contributed by atoms with Gasteiger partial charge in [0.05, 0.1) is 6.61 Å². The molecule has 4 nitrogen and oxygen atoms in total. The number of amides is 1. The molecule has 0 saturated carbocycles. The molecule has 1 aliphatic heterocycles. The molecule has 0 bridgehead atoms. The van der Waals surface area contributed by atoms with Crippen molar-refractivity contribution in [2.75, 3.05) is 13.1 Å². The highest BCUT2D eigenvalue weighted by atomic mass is 16.3. The lowest BCUT2D eigenvalue weighted by molar-refractivity contribution is -0.130. The third-order valence-corrected chi connectivity index (χ3v) is 2.85. The van der Waals surface area contributed by atoms with Crippen LogP contribution >= 0.6 is 0 Å². The second-order valence-electron chi connectivity index (χ2n) is 3.87. The zero-order chi connectivity index (χ0) is 10.7. The summed E-state index contributed by atoms with van der Waals surface area (Å²) in [4.78, 5) is 13.7. The fourth-order valence-electron chi connectivity index (χ4n) is 1.96. The van der Waals surface area contributed by atoms with E-state index in [1.54, 1.807) is 4.57 Å². The average Bonchev–Trinajstić information content (AvgIpc) is 2.87. The van der Waals surface area contributed by atoms with E-state index in [0.29, 0.717) is 6.54 Å². The quantitative estimate of drug-likeness (QED) is 0.790. The minimum atomic E-state index is -0.0136. The van der Waals surface area contributed by atoms with Gasteiger partial charge >= 0.3 is 0 Å². The molecule has 1 N–H and O–H groups in total. The van der Waals surface area contributed by atoms with E-state index < -0.39 is 0 Å². The number of carbonyl (C=O) groups excluding carboxylic acids is 1. The Morgan fingerprint density at radius 1 is 1.40 bits per heavy atom. The van der Waals surface area contributed by atoms with Crippen LogP contribution in [0, 0.1) is 0 Å². The maximum absolute atomic E-state index is 11.8. The third-order valence-electron chi connectivity index (χ3n) is 2.85. The lowest BCUT2D eigenvalue weighted by Gasteiger charge is -2.16. The Morgan fingerprint density at radius 2 is 2.13 bits per heavy atom. The molecule has 0 aromatic carbocycles. The Morgan fingerprint density at radius 3 is 2.80 bits per heavy atom. The Balaban J connectivity index is 1.98. The maximum Gasteiger partial charge on any atom is 0.242 e. The summed E-state index contributed by atoms with van der Waals surface area (Å²) < 4.78 is 1.81. The number of hydrogen-bond acceptors (Lipinski definition) is 2. The highest BCUT2D eigenvalue weighted by Gasteiger charge is 2.18. The van der Waals surface area contributed by atoms with Gasteiger partial charge in [0.1, 0.15) is 6.54 Å². The molecule has 1 aromatic rings. The van der Waals surface area contributed by atoms with Crippen molar-refractivity contribution in [2.45, 2.75) is 26.0 Å². The van der Waals surface area contributed by atoms with Gasteiger partial charge in [-0.25, -0.2) is 0 Å². The van der Waals surface area contributed by atoms with Crippen LogP contribution in [0.2, 0.25) is 0 Å². The summed E-state index contributed by atoms with van der Waals surface area (Å²) in [5.41, 5.74) is 0.794. The van der Waals surface area contributed by atoms with Gasteiger partial charge in [0.15, 0.2) is 0 Å². The van der Waals surface area contributed by atoms with Crippen LogP contribution in [0.4, 0.5) is 0 Å². The first-order valence-electron chi connectivity index (χ1n) is 5.34. The molecule has 1 aliphatic rings. The summed E-state index contributed by atoms with van der Waals surface area (Å²) in [5, 5.41) is 9.04. The molecular weight excluding hydrogens is 192 g/mol. The van der Waals surface area contributed by atoms with Crippen LogP contribution in [0.1, 0.15) is 18.5 Å². The van der Waals surface area contributed by atoms with Gasteiger partial charge in [-0.05, 0) is 25.0 Å². The van der Waals surface area contributed by atoms with Gasteiger partial charge in [-0.1, -0.05) is 0 Å². The van der Waals surface area contributed by atoms with Gasteiger partial charge < -0.3 is 14.6 Å². The van der Waals surface area contributed by atoms with Crippen LogP contribution in [0.5, 0.6) is 0 Å². The number of hydrogen-bond donors (Lipinski definition) is 1. The average molecular weight is 208 g/mol. The van der Waals surface area contributed by atoms with Crippen LogP contribution in [-0.4, -0.2) is 33.6 Å². The van der Waals surface area contributed by atoms with E-state index in [0.717, 1.165) is 31.6 Å². The van der Waals surface area contributed by atoms with Gasteiger partial charge in [0, 0.05) is 25.0 Å². The molecule has 4 heteroatoms. The largest absolute Gasteiger partial charge is 0.390 e. The van der Waals surface area contributed by atoms with E-state index in [9.17, 15) is 4.79 Å². The topological polar surface area (TPSA) is 45.5 Å². The van der Waals surface area contributed by atoms with Gasteiger partial charge in [-0.15, -0.1) is 0 Å². The zero-order valence-corrected chi connectivity index (χ0v) is 8.72. The zero-order valence-electron chi connectivity index (χ0n) is 8.72. The van der Waals surface area contributed by atoms with Crippen molar-refractivity contribution in [2.24, 2.45) is 0 Å². The number of nitrogens with zero attached hydrogens (tertiary/aromatic N) is 2. The van der Waals surface area contributed by atoms with Crippen LogP contribution < -0.4 is 0 Å². The Bertz CT molecular complexity index is 340. The lowest BCUT2D eigenvalue weighted by Crippen LogP contribution is -2.31. The van der Waals surface area contributed by atoms with Gasteiger partial charge in [0.2, 0.25) is 5.91 Å². The van der Waals surface area contributed by atoms with Crippen molar-refractivity contribution in [1.29, 1.82) is 0 Å². The van der Waals surface area contributed by atoms with Crippen LogP contribution in [-0.2, 0) is 17.9 Å². The molecule has 0 radical (unpaired) electrons. The van der Waals surface area contributed by atoms with E-state index in [2.05, 4.69) is 0 Å². The maximum atomic E-state index is 11.8. The Labute approximate surface area is 89.1 Å². The summed E-state index contributed by atoms with van der Waals surface area (Å²) in [6.07, 6.45) is 4.06. The minimum absolute atomic E-state index is 0.0136. The molecule has 82 valence electrons. The Kier molecular flexibility index (Phi) is 3.06. The molecule has 1 amide bonds. The summed E-state index contributed by atoms with van der Waals surface area (Å²) in [6.45, 7) is 2.10. The van der Waals surface area contributed by atoms with Gasteiger partial charge in [0.25, 0.3) is 0 Å². The summed E-state index contributed by atoms with van der Waals surface area (Å²) >= 11 is 0. The molecule has 2 rings (SSSR count). The number of aliphatic hydroxyl groups excluding tert-OH is 1. The first kappa shape index (κ1) is 10.2. The standard InChI is InChI=1S/C11H16N2O2/c14-9-10-4-3-7-13(10)8-11(15)12-5-1-2-6-12/h3-4,7,14H,1-2,5-6,8-9H2. The molecule has 1 saturated heterocycles. The number of aliphatic hydroxyl groups is 1. The fourth-order valence-corrected chi connectivity index (χ4v) is 1.96. The van der Waals surface area contributed by atoms with E-state index in [1.807, 2.05) is 23.2 Å². The van der Waals surface area contributed by atoms with E-state index >= 15 is 0 Å². The SMILES string of the molecule is O=C(Cn1cccc1CO)N1CCCC1. The molecule has 0 atom stereocenters. The predicted molar refractivity (Wildman–Crippen MR) is 56.2 cm³/mol. The summed E-state index contributed by atoms with van der Waals surface area (Å²) in [6, 6.07) is 3.68. The predicted octanol–water partition coefficient (Wildman–Crippen LogP) is 0.603. The van der Waals surface area contributed by atoms with Crippen molar-refractivity contribution in [3.63, 3.8) is 0 Å². The first-order chi connectivity index (χ1) is 7.31. The van der Waals surface area contributed by atoms with Crippen LogP contribution in [0.15, 0.2) is 18.3 Å². The second-order valence-corrected chi connectivity index (χ2v) is 3.87. The molecule has 1 aromatic heterocycles. The summed E-state index contributed by atoms with van der Waals surface area (Å²) in [7, 11) is 0. The lowest BCUT2D eigenvalue weighted by atomic mass is 10.4. The number of aromatic nitrogens is 1. The molecular formula is C11H16N2O2. The molecule has 0 unspecified atom stereocenters. The van der Waals surface area contributed by atoms with Crippen LogP contribution in [0.25, 0.3) is 0 Å². The minimum Gasteiger partial charge on any atom is -0.390 e. The van der Waals surface area contributed by atoms with Crippen molar-refractivity contribution >= 4 is 5.91 Å². The van der Waals surface area contributed by atoms with Crippen molar-refractivity contribution < 1.29 is 9.90 Å². The van der Waals surface area contributed by atoms with Crippen LogP contribution in [0.3, 0.4) is 0 Å². The van der Waals surface area contributed by atoms with E-state index in [1.165, 1.54) is 0 Å². The van der Waals surface area contributed by atoms with Crippen molar-refractivity contribution in [3.8, 4) is 0 Å².